The third-order valence-electron chi connectivity index (χ3n) is 3.35. The highest BCUT2D eigenvalue weighted by Crippen LogP contribution is 2.35. The molecule has 3 nitrogen and oxygen atoms in total. The van der Waals surface area contributed by atoms with E-state index in [2.05, 4.69) is 34.6 Å². The molecule has 0 fully saturated rings. The number of benzene rings is 2. The lowest BCUT2D eigenvalue weighted by molar-refractivity contribution is 0.328. The molecule has 0 unspecified atom stereocenters. The number of methoxy groups -OCH3 is 1. The van der Waals surface area contributed by atoms with E-state index in [1.807, 2.05) is 49.4 Å². The van der Waals surface area contributed by atoms with Crippen molar-refractivity contribution in [3.05, 3.63) is 56.7 Å². The standard InChI is InChI=1S/C20H16INO2/c1-4-9-24-20-18(21)11-15(12-19(20)23-3)10-17(13-22)16-7-5-14(2)6-8-16/h1,5-8,10-12H,9H2,2-3H3/b17-10-. The average molecular weight is 429 g/mol. The van der Waals surface area contributed by atoms with Crippen molar-refractivity contribution < 1.29 is 9.47 Å². The highest BCUT2D eigenvalue weighted by Gasteiger charge is 2.11. The zero-order valence-corrected chi connectivity index (χ0v) is 15.6. The van der Waals surface area contributed by atoms with Crippen molar-refractivity contribution in [3.8, 4) is 29.9 Å². The molecule has 2 rings (SSSR count). The van der Waals surface area contributed by atoms with Crippen molar-refractivity contribution in [1.29, 1.82) is 5.26 Å². The van der Waals surface area contributed by atoms with Crippen LogP contribution in [0.2, 0.25) is 0 Å². The number of hydrogen-bond acceptors (Lipinski definition) is 3. The topological polar surface area (TPSA) is 42.2 Å². The number of terminal acetylenes is 1. The van der Waals surface area contributed by atoms with Crippen LogP contribution in [-0.4, -0.2) is 13.7 Å². The van der Waals surface area contributed by atoms with E-state index in [1.54, 1.807) is 7.11 Å². The molecule has 4 heteroatoms. The molecular weight excluding hydrogens is 413 g/mol. The summed E-state index contributed by atoms with van der Waals surface area (Å²) < 4.78 is 11.8. The Morgan fingerprint density at radius 3 is 2.58 bits per heavy atom. The Labute approximate surface area is 156 Å². The molecule has 0 amide bonds. The predicted molar refractivity (Wildman–Crippen MR) is 105 cm³/mol. The lowest BCUT2D eigenvalue weighted by atomic mass is 10.0. The average Bonchev–Trinajstić information content (AvgIpc) is 2.59. The number of aryl methyl sites for hydroxylation is 1. The number of hydrogen-bond donors (Lipinski definition) is 0. The molecule has 0 bridgehead atoms. The zero-order valence-electron chi connectivity index (χ0n) is 13.5. The summed E-state index contributed by atoms with van der Waals surface area (Å²) in [4.78, 5) is 0. The minimum Gasteiger partial charge on any atom is -0.493 e. The van der Waals surface area contributed by atoms with Crippen molar-refractivity contribution in [1.82, 2.24) is 0 Å². The molecule has 2 aromatic rings. The Morgan fingerprint density at radius 1 is 1.29 bits per heavy atom. The Kier molecular flexibility index (Phi) is 6.28. The lowest BCUT2D eigenvalue weighted by Crippen LogP contribution is -1.99. The van der Waals surface area contributed by atoms with Crippen LogP contribution in [0.25, 0.3) is 11.6 Å². The Balaban J connectivity index is 2.44. The Bertz CT molecular complexity index is 840. The normalized spacial score (nSPS) is 10.6. The molecule has 2 aromatic carbocycles. The highest BCUT2D eigenvalue weighted by atomic mass is 127. The maximum Gasteiger partial charge on any atom is 0.175 e. The van der Waals surface area contributed by atoms with Crippen molar-refractivity contribution in [2.45, 2.75) is 6.92 Å². The van der Waals surface area contributed by atoms with Crippen LogP contribution in [0.15, 0.2) is 36.4 Å². The van der Waals surface area contributed by atoms with E-state index in [1.165, 1.54) is 0 Å². The van der Waals surface area contributed by atoms with E-state index in [-0.39, 0.29) is 6.61 Å². The fourth-order valence-electron chi connectivity index (χ4n) is 2.16. The van der Waals surface area contributed by atoms with Gasteiger partial charge in [0.05, 0.1) is 22.3 Å². The molecule has 0 atom stereocenters. The third-order valence-corrected chi connectivity index (χ3v) is 4.15. The molecule has 24 heavy (non-hydrogen) atoms. The summed E-state index contributed by atoms with van der Waals surface area (Å²) in [5.41, 5.74) is 3.48. The Hall–Kier alpha value is -2.44. The minimum atomic E-state index is 0.175. The number of nitriles is 1. The molecule has 0 radical (unpaired) electrons. The van der Waals surface area contributed by atoms with Crippen molar-refractivity contribution in [2.75, 3.05) is 13.7 Å². The van der Waals surface area contributed by atoms with Gasteiger partial charge in [0.25, 0.3) is 0 Å². The smallest absolute Gasteiger partial charge is 0.175 e. The van der Waals surface area contributed by atoms with E-state index in [4.69, 9.17) is 15.9 Å². The van der Waals surface area contributed by atoms with Crippen LogP contribution in [0, 0.1) is 34.2 Å². The number of rotatable bonds is 5. The maximum atomic E-state index is 9.48. The van der Waals surface area contributed by atoms with Gasteiger partial charge in [-0.2, -0.15) is 5.26 Å². The summed E-state index contributed by atoms with van der Waals surface area (Å²) in [7, 11) is 1.58. The van der Waals surface area contributed by atoms with Crippen LogP contribution < -0.4 is 9.47 Å². The number of allylic oxidation sites excluding steroid dienone is 1. The maximum absolute atomic E-state index is 9.48. The SMILES string of the molecule is C#CCOc1c(I)cc(/C=C(/C#N)c2ccc(C)cc2)cc1OC. The molecule has 0 aromatic heterocycles. The molecule has 0 spiro atoms. The van der Waals surface area contributed by atoms with Gasteiger partial charge in [0, 0.05) is 0 Å². The Morgan fingerprint density at radius 2 is 2.00 bits per heavy atom. The van der Waals surface area contributed by atoms with Crippen LogP contribution in [0.4, 0.5) is 0 Å². The van der Waals surface area contributed by atoms with E-state index < -0.39 is 0 Å². The molecule has 120 valence electrons. The summed E-state index contributed by atoms with van der Waals surface area (Å²) in [6.45, 7) is 2.19. The van der Waals surface area contributed by atoms with Crippen LogP contribution in [-0.2, 0) is 0 Å². The first-order valence-corrected chi connectivity index (χ1v) is 8.29. The van der Waals surface area contributed by atoms with Crippen molar-refractivity contribution in [2.24, 2.45) is 0 Å². The van der Waals surface area contributed by atoms with Gasteiger partial charge in [-0.3, -0.25) is 0 Å². The highest BCUT2D eigenvalue weighted by molar-refractivity contribution is 14.1. The molecule has 0 heterocycles. The van der Waals surface area contributed by atoms with Gasteiger partial charge in [0.2, 0.25) is 0 Å². The van der Waals surface area contributed by atoms with Gasteiger partial charge in [-0.05, 0) is 58.9 Å². The van der Waals surface area contributed by atoms with Gasteiger partial charge >= 0.3 is 0 Å². The van der Waals surface area contributed by atoms with Gasteiger partial charge in [-0.15, -0.1) is 6.42 Å². The molecular formula is C20H16INO2. The molecule has 0 saturated carbocycles. The van der Waals surface area contributed by atoms with Crippen LogP contribution in [0.1, 0.15) is 16.7 Å². The molecule has 0 N–H and O–H groups in total. The van der Waals surface area contributed by atoms with E-state index in [0.717, 1.165) is 20.3 Å². The second-order valence-corrected chi connectivity index (χ2v) is 6.22. The minimum absolute atomic E-state index is 0.175. The first-order valence-electron chi connectivity index (χ1n) is 7.21. The number of ether oxygens (including phenoxy) is 2. The van der Waals surface area contributed by atoms with Crippen LogP contribution >= 0.6 is 22.6 Å². The first-order chi connectivity index (χ1) is 11.6. The molecule has 0 aliphatic heterocycles. The third kappa shape index (κ3) is 4.31. The summed E-state index contributed by atoms with van der Waals surface area (Å²) in [6.07, 6.45) is 7.08. The largest absolute Gasteiger partial charge is 0.493 e. The van der Waals surface area contributed by atoms with Gasteiger partial charge in [0.1, 0.15) is 6.61 Å². The van der Waals surface area contributed by atoms with Gasteiger partial charge in [-0.1, -0.05) is 35.7 Å². The van der Waals surface area contributed by atoms with Gasteiger partial charge in [-0.25, -0.2) is 0 Å². The number of halogens is 1. The molecule has 0 aliphatic rings. The summed E-state index contributed by atoms with van der Waals surface area (Å²) in [6, 6.07) is 13.9. The fraction of sp³-hybridized carbons (Fsp3) is 0.150. The number of nitrogens with zero attached hydrogens (tertiary/aromatic N) is 1. The van der Waals surface area contributed by atoms with Gasteiger partial charge in [0.15, 0.2) is 11.5 Å². The zero-order chi connectivity index (χ0) is 17.5. The first kappa shape index (κ1) is 17.9. The second-order valence-electron chi connectivity index (χ2n) is 5.06. The molecule has 0 saturated heterocycles. The van der Waals surface area contributed by atoms with Crippen molar-refractivity contribution >= 4 is 34.2 Å². The lowest BCUT2D eigenvalue weighted by Gasteiger charge is -2.12. The monoisotopic (exact) mass is 429 g/mol. The van der Waals surface area contributed by atoms with Crippen LogP contribution in [0.5, 0.6) is 11.5 Å². The van der Waals surface area contributed by atoms with Crippen LogP contribution in [0.3, 0.4) is 0 Å². The summed E-state index contributed by atoms with van der Waals surface area (Å²) in [5.74, 6) is 3.64. The molecule has 0 aliphatic carbocycles. The van der Waals surface area contributed by atoms with Gasteiger partial charge < -0.3 is 9.47 Å². The predicted octanol–water partition coefficient (Wildman–Crippen LogP) is 4.68. The second kappa shape index (κ2) is 8.42. The van der Waals surface area contributed by atoms with E-state index in [0.29, 0.717) is 17.1 Å². The van der Waals surface area contributed by atoms with E-state index in [9.17, 15) is 5.26 Å². The quantitative estimate of drug-likeness (QED) is 0.300. The van der Waals surface area contributed by atoms with E-state index >= 15 is 0 Å². The summed E-state index contributed by atoms with van der Waals surface area (Å²) in [5, 5.41) is 9.48. The van der Waals surface area contributed by atoms with Crippen molar-refractivity contribution in [3.63, 3.8) is 0 Å². The summed E-state index contributed by atoms with van der Waals surface area (Å²) >= 11 is 2.17. The fourth-order valence-corrected chi connectivity index (χ4v) is 2.94.